The Bertz CT molecular complexity index is 783. The van der Waals surface area contributed by atoms with Crippen LogP contribution in [0, 0.1) is 3.57 Å². The molecule has 3 amide bonds. The molecule has 0 aliphatic carbocycles. The van der Waals surface area contributed by atoms with Crippen molar-refractivity contribution >= 4 is 52.3 Å². The van der Waals surface area contributed by atoms with Crippen molar-refractivity contribution in [2.75, 3.05) is 0 Å². The molecule has 0 spiro atoms. The number of benzene rings is 1. The molecule has 1 aromatic rings. The highest BCUT2D eigenvalue weighted by Gasteiger charge is 2.26. The van der Waals surface area contributed by atoms with Gasteiger partial charge in [0.2, 0.25) is 17.7 Å². The van der Waals surface area contributed by atoms with Gasteiger partial charge in [-0.05, 0) is 59.5 Å². The molecule has 0 heterocycles. The summed E-state index contributed by atoms with van der Waals surface area (Å²) in [5, 5.41) is 22.4. The first-order chi connectivity index (χ1) is 14.1. The Hall–Kier alpha value is -2.70. The fraction of sp³-hybridized carbons (Fsp3) is 0.421. The standard InChI is InChI=1S/C19H24IN3O7/c20-12-4-1-11(2-5-12)3-8-15(24)22-14(7-10-17(27)28)19(30)23-13(18(21)29)6-9-16(25)26/h1-2,4-5,13-14H,3,6-10H2,(H2,21,29)(H,22,24)(H,23,30)(H,25,26)(H,27,28). The van der Waals surface area contributed by atoms with Crippen molar-refractivity contribution in [2.24, 2.45) is 5.73 Å². The summed E-state index contributed by atoms with van der Waals surface area (Å²) in [6.45, 7) is 0. The van der Waals surface area contributed by atoms with Crippen LogP contribution < -0.4 is 16.4 Å². The maximum atomic E-state index is 12.5. The van der Waals surface area contributed by atoms with Crippen LogP contribution in [0.25, 0.3) is 0 Å². The Balaban J connectivity index is 2.72. The highest BCUT2D eigenvalue weighted by molar-refractivity contribution is 14.1. The van der Waals surface area contributed by atoms with Crippen molar-refractivity contribution in [1.29, 1.82) is 0 Å². The zero-order valence-corrected chi connectivity index (χ0v) is 18.3. The number of nitrogens with one attached hydrogen (secondary N) is 2. The zero-order chi connectivity index (χ0) is 22.7. The topological polar surface area (TPSA) is 176 Å². The lowest BCUT2D eigenvalue weighted by Crippen LogP contribution is -2.53. The summed E-state index contributed by atoms with van der Waals surface area (Å²) in [4.78, 5) is 57.8. The van der Waals surface area contributed by atoms with Crippen LogP contribution in [0.15, 0.2) is 24.3 Å². The molecule has 0 bridgehead atoms. The van der Waals surface area contributed by atoms with Crippen LogP contribution in [-0.2, 0) is 30.4 Å². The Kier molecular flexibility index (Phi) is 10.8. The molecule has 10 nitrogen and oxygen atoms in total. The van der Waals surface area contributed by atoms with E-state index in [-0.39, 0.29) is 25.7 Å². The molecule has 6 N–H and O–H groups in total. The van der Waals surface area contributed by atoms with Gasteiger partial charge in [0.1, 0.15) is 12.1 Å². The molecule has 11 heteroatoms. The number of amides is 3. The molecule has 0 radical (unpaired) electrons. The number of carbonyl (C=O) groups is 5. The lowest BCUT2D eigenvalue weighted by atomic mass is 10.1. The number of carbonyl (C=O) groups excluding carboxylic acids is 3. The van der Waals surface area contributed by atoms with Crippen molar-refractivity contribution in [3.8, 4) is 0 Å². The molecule has 164 valence electrons. The maximum absolute atomic E-state index is 12.5. The van der Waals surface area contributed by atoms with Crippen molar-refractivity contribution in [2.45, 2.75) is 50.6 Å². The van der Waals surface area contributed by atoms with Crippen LogP contribution in [0.4, 0.5) is 0 Å². The Morgan fingerprint density at radius 1 is 0.867 bits per heavy atom. The Morgan fingerprint density at radius 3 is 1.90 bits per heavy atom. The second-order valence-corrected chi connectivity index (χ2v) is 7.82. The summed E-state index contributed by atoms with van der Waals surface area (Å²) < 4.78 is 1.05. The van der Waals surface area contributed by atoms with Gasteiger partial charge in [-0.1, -0.05) is 12.1 Å². The largest absolute Gasteiger partial charge is 0.481 e. The van der Waals surface area contributed by atoms with Crippen LogP contribution in [-0.4, -0.2) is 52.0 Å². The van der Waals surface area contributed by atoms with Gasteiger partial charge in [0, 0.05) is 22.8 Å². The number of primary amides is 1. The van der Waals surface area contributed by atoms with Crippen molar-refractivity contribution in [3.05, 3.63) is 33.4 Å². The summed E-state index contributed by atoms with van der Waals surface area (Å²) in [6, 6.07) is 5.12. The van der Waals surface area contributed by atoms with Crippen LogP contribution in [0.5, 0.6) is 0 Å². The van der Waals surface area contributed by atoms with Crippen LogP contribution in [0.3, 0.4) is 0 Å². The fourth-order valence-corrected chi connectivity index (χ4v) is 2.90. The van der Waals surface area contributed by atoms with Crippen LogP contribution >= 0.6 is 22.6 Å². The quantitative estimate of drug-likeness (QED) is 0.228. The normalized spacial score (nSPS) is 12.4. The number of halogens is 1. The molecule has 0 aromatic heterocycles. The van der Waals surface area contributed by atoms with E-state index in [4.69, 9.17) is 15.9 Å². The van der Waals surface area contributed by atoms with E-state index in [0.29, 0.717) is 6.42 Å². The van der Waals surface area contributed by atoms with E-state index in [2.05, 4.69) is 33.2 Å². The number of rotatable bonds is 13. The van der Waals surface area contributed by atoms with E-state index in [0.717, 1.165) is 9.13 Å². The minimum Gasteiger partial charge on any atom is -0.481 e. The molecule has 0 aliphatic rings. The number of aryl methyl sites for hydroxylation is 1. The smallest absolute Gasteiger partial charge is 0.303 e. The Morgan fingerprint density at radius 2 is 1.40 bits per heavy atom. The molecule has 2 atom stereocenters. The van der Waals surface area contributed by atoms with Crippen molar-refractivity contribution in [1.82, 2.24) is 10.6 Å². The summed E-state index contributed by atoms with van der Waals surface area (Å²) in [5.41, 5.74) is 6.12. The van der Waals surface area contributed by atoms with E-state index < -0.39 is 48.2 Å². The summed E-state index contributed by atoms with van der Waals surface area (Å²) in [5.74, 6) is -4.50. The Labute approximate surface area is 186 Å². The SMILES string of the molecule is NC(=O)C(CCC(=O)O)NC(=O)C(CCC(=O)O)NC(=O)CCc1ccc(I)cc1. The van der Waals surface area contributed by atoms with Crippen molar-refractivity contribution < 1.29 is 34.2 Å². The molecule has 2 unspecified atom stereocenters. The monoisotopic (exact) mass is 533 g/mol. The number of carboxylic acids is 2. The predicted octanol–water partition coefficient (Wildman–Crippen LogP) is 0.408. The van der Waals surface area contributed by atoms with Crippen molar-refractivity contribution in [3.63, 3.8) is 0 Å². The first-order valence-corrected chi connectivity index (χ1v) is 10.2. The number of aliphatic carboxylic acids is 2. The second-order valence-electron chi connectivity index (χ2n) is 6.57. The van der Waals surface area contributed by atoms with E-state index in [1.807, 2.05) is 24.3 Å². The highest BCUT2D eigenvalue weighted by atomic mass is 127. The molecule has 1 aromatic carbocycles. The number of hydrogen-bond donors (Lipinski definition) is 5. The summed E-state index contributed by atoms with van der Waals surface area (Å²) in [6.07, 6.45) is -0.681. The van der Waals surface area contributed by atoms with Gasteiger partial charge in [0.15, 0.2) is 0 Å². The lowest BCUT2D eigenvalue weighted by Gasteiger charge is -2.21. The maximum Gasteiger partial charge on any atom is 0.303 e. The molecular weight excluding hydrogens is 509 g/mol. The first kappa shape index (κ1) is 25.3. The average Bonchev–Trinajstić information content (AvgIpc) is 2.67. The highest BCUT2D eigenvalue weighted by Crippen LogP contribution is 2.09. The average molecular weight is 533 g/mol. The van der Waals surface area contributed by atoms with Gasteiger partial charge >= 0.3 is 11.9 Å². The second kappa shape index (κ2) is 12.8. The number of hydrogen-bond acceptors (Lipinski definition) is 5. The molecule has 1 rings (SSSR count). The van der Waals surface area contributed by atoms with E-state index >= 15 is 0 Å². The summed E-state index contributed by atoms with van der Waals surface area (Å²) >= 11 is 2.16. The molecule has 0 aliphatic heterocycles. The third-order valence-electron chi connectivity index (χ3n) is 4.16. The van der Waals surface area contributed by atoms with E-state index in [9.17, 15) is 24.0 Å². The van der Waals surface area contributed by atoms with E-state index in [1.165, 1.54) is 0 Å². The van der Waals surface area contributed by atoms with Gasteiger partial charge in [-0.3, -0.25) is 24.0 Å². The van der Waals surface area contributed by atoms with Crippen LogP contribution in [0.2, 0.25) is 0 Å². The minimum atomic E-state index is -1.25. The van der Waals surface area contributed by atoms with Gasteiger partial charge in [-0.25, -0.2) is 0 Å². The number of carboxylic acid groups (broad SMARTS) is 2. The predicted molar refractivity (Wildman–Crippen MR) is 114 cm³/mol. The molecule has 0 fully saturated rings. The molecule has 30 heavy (non-hydrogen) atoms. The van der Waals surface area contributed by atoms with Gasteiger partial charge in [-0.15, -0.1) is 0 Å². The fourth-order valence-electron chi connectivity index (χ4n) is 2.54. The van der Waals surface area contributed by atoms with Gasteiger partial charge < -0.3 is 26.6 Å². The molecular formula is C19H24IN3O7. The minimum absolute atomic E-state index is 0.0791. The van der Waals surface area contributed by atoms with Gasteiger partial charge in [0.05, 0.1) is 0 Å². The third-order valence-corrected chi connectivity index (χ3v) is 4.88. The van der Waals surface area contributed by atoms with Gasteiger partial charge in [-0.2, -0.15) is 0 Å². The number of nitrogens with two attached hydrogens (primary N) is 1. The molecule has 0 saturated heterocycles. The lowest BCUT2D eigenvalue weighted by molar-refractivity contribution is -0.139. The third kappa shape index (κ3) is 10.2. The zero-order valence-electron chi connectivity index (χ0n) is 16.1. The van der Waals surface area contributed by atoms with Crippen LogP contribution in [0.1, 0.15) is 37.7 Å². The first-order valence-electron chi connectivity index (χ1n) is 9.15. The van der Waals surface area contributed by atoms with E-state index in [1.54, 1.807) is 0 Å². The molecule has 0 saturated carbocycles. The van der Waals surface area contributed by atoms with Gasteiger partial charge in [0.25, 0.3) is 0 Å². The summed E-state index contributed by atoms with van der Waals surface area (Å²) in [7, 11) is 0.